The zero-order valence-corrected chi connectivity index (χ0v) is 12.2. The van der Waals surface area contributed by atoms with Gasteiger partial charge >= 0.3 is 0 Å². The van der Waals surface area contributed by atoms with Gasteiger partial charge in [-0.15, -0.1) is 0 Å². The van der Waals surface area contributed by atoms with Crippen LogP contribution in [0, 0.1) is 0 Å². The average molecular weight is 301 g/mol. The molecule has 1 aliphatic heterocycles. The second kappa shape index (κ2) is 5.58. The number of hydrogen-bond acceptors (Lipinski definition) is 3. The van der Waals surface area contributed by atoms with Gasteiger partial charge in [-0.3, -0.25) is 4.79 Å². The van der Waals surface area contributed by atoms with Crippen molar-refractivity contribution in [3.63, 3.8) is 0 Å². The Kier molecular flexibility index (Phi) is 3.62. The molecule has 1 amide bonds. The molecule has 0 saturated carbocycles. The maximum Gasteiger partial charge on any atom is 0.253 e. The molecule has 0 saturated heterocycles. The molecular formula is C16H13ClN2O2. The molecule has 0 N–H and O–H groups in total. The topological polar surface area (TPSA) is 41.9 Å². The molecule has 3 rings (SSSR count). The van der Waals surface area contributed by atoms with Gasteiger partial charge in [0, 0.05) is 10.7 Å². The lowest BCUT2D eigenvalue weighted by atomic mass is 10.2. The van der Waals surface area contributed by atoms with Gasteiger partial charge in [-0.2, -0.15) is 5.10 Å². The molecule has 0 bridgehead atoms. The number of ether oxygens (including phenoxy) is 1. The number of amides is 1. The van der Waals surface area contributed by atoms with E-state index in [1.54, 1.807) is 36.4 Å². The minimum atomic E-state index is -0.0149. The third-order valence-corrected chi connectivity index (χ3v) is 3.30. The van der Waals surface area contributed by atoms with E-state index in [1.165, 1.54) is 5.01 Å². The highest BCUT2D eigenvalue weighted by Crippen LogP contribution is 2.27. The van der Waals surface area contributed by atoms with E-state index in [0.29, 0.717) is 22.9 Å². The number of anilines is 1. The largest absolute Gasteiger partial charge is 0.457 e. The fraction of sp³-hybridized carbons (Fsp3) is 0.125. The molecule has 0 aromatic heterocycles. The van der Waals surface area contributed by atoms with Crippen LogP contribution in [-0.2, 0) is 4.79 Å². The fourth-order valence-electron chi connectivity index (χ4n) is 2.05. The second-order valence-corrected chi connectivity index (χ2v) is 5.20. The summed E-state index contributed by atoms with van der Waals surface area (Å²) in [5.41, 5.74) is 1.56. The number of halogens is 1. The van der Waals surface area contributed by atoms with Crippen LogP contribution in [0.2, 0.25) is 5.02 Å². The highest BCUT2D eigenvalue weighted by molar-refractivity contribution is 6.30. The molecular weight excluding hydrogens is 288 g/mol. The van der Waals surface area contributed by atoms with E-state index in [1.807, 2.05) is 19.1 Å². The highest BCUT2D eigenvalue weighted by Gasteiger charge is 2.22. The van der Waals surface area contributed by atoms with Crippen molar-refractivity contribution in [1.82, 2.24) is 0 Å². The van der Waals surface area contributed by atoms with Gasteiger partial charge in [-0.1, -0.05) is 11.6 Å². The van der Waals surface area contributed by atoms with E-state index >= 15 is 0 Å². The summed E-state index contributed by atoms with van der Waals surface area (Å²) in [7, 11) is 0. The number of hydrogen-bond donors (Lipinski definition) is 0. The molecule has 106 valence electrons. The summed E-state index contributed by atoms with van der Waals surface area (Å²) in [6.07, 6.45) is 0.378. The molecule has 0 aliphatic carbocycles. The van der Waals surface area contributed by atoms with E-state index in [4.69, 9.17) is 16.3 Å². The quantitative estimate of drug-likeness (QED) is 0.850. The van der Waals surface area contributed by atoms with Crippen LogP contribution >= 0.6 is 11.6 Å². The number of carbonyl (C=O) groups excluding carboxylic acids is 1. The molecule has 0 spiro atoms. The Morgan fingerprint density at radius 3 is 2.14 bits per heavy atom. The number of hydrazone groups is 1. The molecule has 1 aliphatic rings. The van der Waals surface area contributed by atoms with Crippen molar-refractivity contribution in [2.45, 2.75) is 13.3 Å². The van der Waals surface area contributed by atoms with Crippen LogP contribution in [0.15, 0.2) is 53.6 Å². The van der Waals surface area contributed by atoms with Crippen LogP contribution in [0.3, 0.4) is 0 Å². The molecule has 5 heteroatoms. The van der Waals surface area contributed by atoms with Crippen LogP contribution in [0.4, 0.5) is 5.69 Å². The molecule has 1 heterocycles. The molecule has 0 unspecified atom stereocenters. The molecule has 2 aromatic rings. The smallest absolute Gasteiger partial charge is 0.253 e. The van der Waals surface area contributed by atoms with Crippen molar-refractivity contribution in [2.75, 3.05) is 5.01 Å². The first-order chi connectivity index (χ1) is 10.1. The van der Waals surface area contributed by atoms with Crippen molar-refractivity contribution in [2.24, 2.45) is 5.10 Å². The zero-order chi connectivity index (χ0) is 14.8. The SMILES string of the molecule is CC1=NN(c2ccc(Oc3ccc(Cl)cc3)cc2)C(=O)C1. The van der Waals surface area contributed by atoms with Gasteiger partial charge in [0.2, 0.25) is 0 Å². The minimum Gasteiger partial charge on any atom is -0.457 e. The summed E-state index contributed by atoms with van der Waals surface area (Å²) < 4.78 is 5.70. The Morgan fingerprint density at radius 2 is 1.62 bits per heavy atom. The lowest BCUT2D eigenvalue weighted by molar-refractivity contribution is -0.116. The van der Waals surface area contributed by atoms with Crippen molar-refractivity contribution in [3.05, 3.63) is 53.6 Å². The maximum absolute atomic E-state index is 11.8. The summed E-state index contributed by atoms with van der Waals surface area (Å²) >= 11 is 5.83. The fourth-order valence-corrected chi connectivity index (χ4v) is 2.18. The normalized spacial score (nSPS) is 14.3. The first-order valence-electron chi connectivity index (χ1n) is 6.52. The molecule has 4 nitrogen and oxygen atoms in total. The zero-order valence-electron chi connectivity index (χ0n) is 11.4. The van der Waals surface area contributed by atoms with E-state index in [0.717, 1.165) is 11.4 Å². The van der Waals surface area contributed by atoms with Crippen LogP contribution in [0.5, 0.6) is 11.5 Å². The van der Waals surface area contributed by atoms with Crippen LogP contribution in [0.25, 0.3) is 0 Å². The van der Waals surface area contributed by atoms with Gasteiger partial charge in [-0.25, -0.2) is 5.01 Å². The molecule has 0 radical (unpaired) electrons. The lowest BCUT2D eigenvalue weighted by Crippen LogP contribution is -2.19. The van der Waals surface area contributed by atoms with E-state index in [-0.39, 0.29) is 5.91 Å². The predicted molar refractivity (Wildman–Crippen MR) is 83.2 cm³/mol. The summed E-state index contributed by atoms with van der Waals surface area (Å²) in [5.74, 6) is 1.38. The van der Waals surface area contributed by atoms with E-state index in [9.17, 15) is 4.79 Å². The first kappa shape index (κ1) is 13.6. The second-order valence-electron chi connectivity index (χ2n) is 4.77. The van der Waals surface area contributed by atoms with Gasteiger partial charge in [0.1, 0.15) is 11.5 Å². The summed E-state index contributed by atoms with van der Waals surface area (Å²) in [6.45, 7) is 1.84. The lowest BCUT2D eigenvalue weighted by Gasteiger charge is -2.12. The first-order valence-corrected chi connectivity index (χ1v) is 6.90. The standard InChI is InChI=1S/C16H13ClN2O2/c1-11-10-16(20)19(18-11)13-4-8-15(9-5-13)21-14-6-2-12(17)3-7-14/h2-9H,10H2,1H3. The Labute approximate surface area is 127 Å². The van der Waals surface area contributed by atoms with Crippen molar-refractivity contribution in [1.29, 1.82) is 0 Å². The third-order valence-electron chi connectivity index (χ3n) is 3.04. The van der Waals surface area contributed by atoms with Gasteiger partial charge in [0.15, 0.2) is 0 Å². The van der Waals surface area contributed by atoms with Crippen molar-refractivity contribution >= 4 is 28.9 Å². The van der Waals surface area contributed by atoms with E-state index in [2.05, 4.69) is 5.10 Å². The van der Waals surface area contributed by atoms with Crippen molar-refractivity contribution in [3.8, 4) is 11.5 Å². The van der Waals surface area contributed by atoms with Gasteiger partial charge in [-0.05, 0) is 55.5 Å². The summed E-state index contributed by atoms with van der Waals surface area (Å²) in [6, 6.07) is 14.4. The Hall–Kier alpha value is -2.33. The third kappa shape index (κ3) is 3.06. The number of nitrogens with zero attached hydrogens (tertiary/aromatic N) is 2. The van der Waals surface area contributed by atoms with Gasteiger partial charge < -0.3 is 4.74 Å². The molecule has 2 aromatic carbocycles. The molecule has 21 heavy (non-hydrogen) atoms. The Bertz CT molecular complexity index is 693. The van der Waals surface area contributed by atoms with E-state index < -0.39 is 0 Å². The highest BCUT2D eigenvalue weighted by atomic mass is 35.5. The summed E-state index contributed by atoms with van der Waals surface area (Å²) in [4.78, 5) is 11.8. The number of rotatable bonds is 3. The van der Waals surface area contributed by atoms with Crippen LogP contribution in [-0.4, -0.2) is 11.6 Å². The molecule has 0 fully saturated rings. The number of benzene rings is 2. The van der Waals surface area contributed by atoms with Crippen molar-refractivity contribution < 1.29 is 9.53 Å². The minimum absolute atomic E-state index is 0.0149. The summed E-state index contributed by atoms with van der Waals surface area (Å²) in [5, 5.41) is 6.29. The van der Waals surface area contributed by atoms with Gasteiger partial charge in [0.25, 0.3) is 5.91 Å². The number of carbonyl (C=O) groups is 1. The predicted octanol–water partition coefficient (Wildman–Crippen LogP) is 4.24. The monoisotopic (exact) mass is 300 g/mol. The van der Waals surface area contributed by atoms with Crippen LogP contribution in [0.1, 0.15) is 13.3 Å². The van der Waals surface area contributed by atoms with Crippen LogP contribution < -0.4 is 9.75 Å². The average Bonchev–Trinajstić information content (AvgIpc) is 2.81. The van der Waals surface area contributed by atoms with Gasteiger partial charge in [0.05, 0.1) is 12.1 Å². The molecule has 0 atom stereocenters. The Balaban J connectivity index is 1.75. The Morgan fingerprint density at radius 1 is 1.05 bits per heavy atom. The maximum atomic E-state index is 11.8.